The Morgan fingerprint density at radius 3 is 2.62 bits per heavy atom. The van der Waals surface area contributed by atoms with Crippen LogP contribution in [0.3, 0.4) is 0 Å². The number of carboxylic acid groups (broad SMARTS) is 1. The van der Waals surface area contributed by atoms with Crippen molar-refractivity contribution in [3.8, 4) is 5.75 Å². The number of rotatable bonds is 2. The number of aromatic carboxylic acids is 1. The molecule has 0 bridgehead atoms. The summed E-state index contributed by atoms with van der Waals surface area (Å²) >= 11 is 6.19. The minimum absolute atomic E-state index is 0.1000. The molecule has 0 unspecified atom stereocenters. The van der Waals surface area contributed by atoms with Crippen molar-refractivity contribution in [1.29, 1.82) is 0 Å². The highest BCUT2D eigenvalue weighted by molar-refractivity contribution is 6.30. The molecule has 2 amide bonds. The van der Waals surface area contributed by atoms with Crippen molar-refractivity contribution >= 4 is 23.6 Å². The van der Waals surface area contributed by atoms with Gasteiger partial charge in [-0.15, -0.1) is 0 Å². The van der Waals surface area contributed by atoms with Crippen molar-refractivity contribution in [3.63, 3.8) is 0 Å². The maximum atomic E-state index is 13.4. The van der Waals surface area contributed by atoms with Crippen molar-refractivity contribution in [2.45, 2.75) is 12.6 Å². The van der Waals surface area contributed by atoms with E-state index >= 15 is 0 Å². The minimum atomic E-state index is -1.02. The first-order valence-corrected chi connectivity index (χ1v) is 9.78. The van der Waals surface area contributed by atoms with Crippen LogP contribution in [0.4, 0.5) is 4.79 Å². The van der Waals surface area contributed by atoms with Gasteiger partial charge in [0.1, 0.15) is 12.4 Å². The Balaban J connectivity index is 1.71. The van der Waals surface area contributed by atoms with E-state index < -0.39 is 5.97 Å². The fourth-order valence-corrected chi connectivity index (χ4v) is 3.83. The second-order valence-corrected chi connectivity index (χ2v) is 7.46. The predicted octanol–water partition coefficient (Wildman–Crippen LogP) is 3.43. The van der Waals surface area contributed by atoms with Gasteiger partial charge < -0.3 is 24.4 Å². The van der Waals surface area contributed by atoms with Gasteiger partial charge in [-0.1, -0.05) is 29.8 Å². The average molecular weight is 417 g/mol. The van der Waals surface area contributed by atoms with Gasteiger partial charge in [0.2, 0.25) is 0 Å². The molecule has 1 saturated heterocycles. The van der Waals surface area contributed by atoms with Crippen molar-refractivity contribution in [1.82, 2.24) is 9.80 Å². The molecule has 1 N–H and O–H groups in total. The van der Waals surface area contributed by atoms with Crippen molar-refractivity contribution in [2.24, 2.45) is 0 Å². The molecule has 8 heteroatoms. The Hall–Kier alpha value is -2.77. The number of carbonyl (C=O) groups excluding carboxylic acids is 1. The van der Waals surface area contributed by atoms with E-state index in [1.165, 1.54) is 12.1 Å². The van der Waals surface area contributed by atoms with Gasteiger partial charge in [-0.3, -0.25) is 0 Å². The molecule has 29 heavy (non-hydrogen) atoms. The van der Waals surface area contributed by atoms with Gasteiger partial charge in [-0.2, -0.15) is 0 Å². The van der Waals surface area contributed by atoms with E-state index in [1.54, 1.807) is 21.9 Å². The Labute approximate surface area is 173 Å². The van der Waals surface area contributed by atoms with Crippen LogP contribution < -0.4 is 4.74 Å². The summed E-state index contributed by atoms with van der Waals surface area (Å²) in [6.45, 7) is 2.59. The van der Waals surface area contributed by atoms with Gasteiger partial charge in [0, 0.05) is 23.7 Å². The summed E-state index contributed by atoms with van der Waals surface area (Å²) in [6.07, 6.45) is 0. The van der Waals surface area contributed by atoms with E-state index in [0.717, 1.165) is 11.1 Å². The predicted molar refractivity (Wildman–Crippen MR) is 106 cm³/mol. The summed E-state index contributed by atoms with van der Waals surface area (Å²) in [4.78, 5) is 28.2. The molecule has 2 aliphatic heterocycles. The van der Waals surface area contributed by atoms with E-state index in [9.17, 15) is 14.7 Å². The van der Waals surface area contributed by atoms with Crippen LogP contribution in [0, 0.1) is 0 Å². The number of morpholine rings is 1. The van der Waals surface area contributed by atoms with Gasteiger partial charge in [-0.05, 0) is 29.8 Å². The number of nitrogens with zero attached hydrogens (tertiary/aromatic N) is 2. The number of hydrogen-bond acceptors (Lipinski definition) is 4. The second kappa shape index (κ2) is 8.31. The van der Waals surface area contributed by atoms with E-state index in [0.29, 0.717) is 43.6 Å². The molecule has 1 fully saturated rings. The standard InChI is InChI=1S/C21H21ClN2O5/c22-17-3-1-2-14(10-17)18-13-29-19-11-15(20(25)26)4-5-16(19)12-24(18)21(27)23-6-8-28-9-7-23/h1-5,10-11,18H,6-9,12-13H2,(H,25,26)/t18-/m1/s1. The fourth-order valence-electron chi connectivity index (χ4n) is 3.63. The van der Waals surface area contributed by atoms with Crippen LogP contribution in [-0.2, 0) is 11.3 Å². The Morgan fingerprint density at radius 1 is 1.10 bits per heavy atom. The summed E-state index contributed by atoms with van der Waals surface area (Å²) in [5.41, 5.74) is 1.78. The molecule has 0 saturated carbocycles. The minimum Gasteiger partial charge on any atom is -0.491 e. The largest absolute Gasteiger partial charge is 0.491 e. The summed E-state index contributed by atoms with van der Waals surface area (Å²) in [5, 5.41) is 9.85. The SMILES string of the molecule is O=C(O)c1ccc2c(c1)OC[C@H](c1cccc(Cl)c1)N(C(=O)N1CCOCC1)C2. The summed E-state index contributed by atoms with van der Waals surface area (Å²) in [5.74, 6) is -0.539. The lowest BCUT2D eigenvalue weighted by molar-refractivity contribution is 0.0362. The molecule has 0 radical (unpaired) electrons. The highest BCUT2D eigenvalue weighted by Gasteiger charge is 2.33. The van der Waals surface area contributed by atoms with Crippen LogP contribution >= 0.6 is 11.6 Å². The molecule has 2 aliphatic rings. The Morgan fingerprint density at radius 2 is 1.90 bits per heavy atom. The third-order valence-corrected chi connectivity index (χ3v) is 5.42. The number of benzene rings is 2. The number of halogens is 1. The van der Waals surface area contributed by atoms with Crippen LogP contribution in [0.25, 0.3) is 0 Å². The Bertz CT molecular complexity index is 929. The van der Waals surface area contributed by atoms with Crippen LogP contribution in [0.1, 0.15) is 27.5 Å². The molecular formula is C21H21ClN2O5. The van der Waals surface area contributed by atoms with Crippen molar-refractivity contribution < 1.29 is 24.2 Å². The Kier molecular flexibility index (Phi) is 5.60. The molecule has 1 atom stereocenters. The maximum Gasteiger partial charge on any atom is 0.335 e. The molecule has 2 aromatic rings. The summed E-state index contributed by atoms with van der Waals surface area (Å²) in [7, 11) is 0. The molecule has 152 valence electrons. The first kappa shape index (κ1) is 19.5. The van der Waals surface area contributed by atoms with Gasteiger partial charge in [0.05, 0.1) is 31.4 Å². The molecule has 0 aromatic heterocycles. The first-order valence-electron chi connectivity index (χ1n) is 9.40. The molecule has 2 aromatic carbocycles. The molecule has 0 spiro atoms. The smallest absolute Gasteiger partial charge is 0.335 e. The van der Waals surface area contributed by atoms with E-state index in [1.807, 2.05) is 18.2 Å². The number of carboxylic acids is 1. The van der Waals surface area contributed by atoms with Crippen LogP contribution in [0.5, 0.6) is 5.75 Å². The summed E-state index contributed by atoms with van der Waals surface area (Å²) < 4.78 is 11.3. The highest BCUT2D eigenvalue weighted by Crippen LogP contribution is 2.34. The number of amides is 2. The van der Waals surface area contributed by atoms with E-state index in [2.05, 4.69) is 0 Å². The van der Waals surface area contributed by atoms with Crippen LogP contribution in [-0.4, -0.2) is 59.8 Å². The molecule has 2 heterocycles. The second-order valence-electron chi connectivity index (χ2n) is 7.02. The third-order valence-electron chi connectivity index (χ3n) is 5.19. The van der Waals surface area contributed by atoms with Crippen molar-refractivity contribution in [2.75, 3.05) is 32.9 Å². The number of carbonyl (C=O) groups is 2. The zero-order valence-electron chi connectivity index (χ0n) is 15.7. The third kappa shape index (κ3) is 4.16. The lowest BCUT2D eigenvalue weighted by Crippen LogP contribution is -2.49. The summed E-state index contributed by atoms with van der Waals surface area (Å²) in [6, 6.07) is 11.7. The number of ether oxygens (including phenoxy) is 2. The van der Waals surface area contributed by atoms with Gasteiger partial charge in [0.15, 0.2) is 0 Å². The van der Waals surface area contributed by atoms with Gasteiger partial charge in [0.25, 0.3) is 0 Å². The monoisotopic (exact) mass is 416 g/mol. The van der Waals surface area contributed by atoms with E-state index in [4.69, 9.17) is 21.1 Å². The van der Waals surface area contributed by atoms with Gasteiger partial charge in [-0.25, -0.2) is 9.59 Å². The fraction of sp³-hybridized carbons (Fsp3) is 0.333. The number of fused-ring (bicyclic) bond motifs is 1. The van der Waals surface area contributed by atoms with Gasteiger partial charge >= 0.3 is 12.0 Å². The zero-order chi connectivity index (χ0) is 20.4. The molecule has 4 rings (SSSR count). The number of urea groups is 1. The lowest BCUT2D eigenvalue weighted by atomic mass is 10.1. The average Bonchev–Trinajstić information content (AvgIpc) is 2.93. The maximum absolute atomic E-state index is 13.4. The quantitative estimate of drug-likeness (QED) is 0.811. The molecular weight excluding hydrogens is 396 g/mol. The zero-order valence-corrected chi connectivity index (χ0v) is 16.5. The normalized spacial score (nSPS) is 19.1. The lowest BCUT2D eigenvalue weighted by Gasteiger charge is -2.36. The molecule has 0 aliphatic carbocycles. The van der Waals surface area contributed by atoms with Crippen LogP contribution in [0.15, 0.2) is 42.5 Å². The highest BCUT2D eigenvalue weighted by atomic mass is 35.5. The number of hydrogen-bond donors (Lipinski definition) is 1. The molecule has 7 nitrogen and oxygen atoms in total. The first-order chi connectivity index (χ1) is 14.0. The van der Waals surface area contributed by atoms with Crippen molar-refractivity contribution in [3.05, 3.63) is 64.2 Å². The van der Waals surface area contributed by atoms with Crippen LogP contribution in [0.2, 0.25) is 5.02 Å². The topological polar surface area (TPSA) is 79.3 Å². The van der Waals surface area contributed by atoms with E-state index in [-0.39, 0.29) is 24.2 Å².